The van der Waals surface area contributed by atoms with Gasteiger partial charge < -0.3 is 10.6 Å². The number of carbonyl (C=O) groups is 4. The molecule has 3 heterocycles. The number of fused-ring (bicyclic) bond motifs is 1. The first kappa shape index (κ1) is 21.1. The van der Waals surface area contributed by atoms with Crippen molar-refractivity contribution in [2.45, 2.75) is 31.8 Å². The monoisotopic (exact) mass is 421 g/mol. The van der Waals surface area contributed by atoms with Gasteiger partial charge in [0.15, 0.2) is 5.78 Å². The number of carbonyl (C=O) groups excluding carboxylic acids is 4. The van der Waals surface area contributed by atoms with Crippen LogP contribution in [0.3, 0.4) is 0 Å². The van der Waals surface area contributed by atoms with E-state index in [0.29, 0.717) is 0 Å². The van der Waals surface area contributed by atoms with Crippen molar-refractivity contribution < 1.29 is 27.6 Å². The van der Waals surface area contributed by atoms with E-state index >= 15 is 0 Å². The van der Waals surface area contributed by atoms with Gasteiger partial charge in [-0.2, -0.15) is 4.31 Å². The smallest absolute Gasteiger partial charge is 0.310 e. The number of primary amides is 1. The number of nitrogens with zero attached hydrogens (tertiary/aromatic N) is 3. The van der Waals surface area contributed by atoms with Crippen LogP contribution in [0.5, 0.6) is 0 Å². The largest absolute Gasteiger partial charge is 0.369 e. The van der Waals surface area contributed by atoms with Crippen LogP contribution in [0.4, 0.5) is 0 Å². The van der Waals surface area contributed by atoms with Crippen LogP contribution in [0, 0.1) is 12.3 Å². The molecule has 2 N–H and O–H groups in total. The molecule has 3 rings (SSSR count). The van der Waals surface area contributed by atoms with Crippen LogP contribution in [-0.4, -0.2) is 70.5 Å². The maximum Gasteiger partial charge on any atom is 0.310 e. The maximum atomic E-state index is 12.8. The number of aromatic nitrogens is 1. The molecule has 1 aromatic heterocycles. The van der Waals surface area contributed by atoms with Crippen molar-refractivity contribution in [1.82, 2.24) is 14.2 Å². The molecule has 2 saturated heterocycles. The molecular weight excluding hydrogens is 400 g/mol. The molecule has 2 fully saturated rings. The summed E-state index contributed by atoms with van der Waals surface area (Å²) in [5, 5.41) is -1.18. The summed E-state index contributed by atoms with van der Waals surface area (Å²) in [5.74, 6) is -2.00. The van der Waals surface area contributed by atoms with Gasteiger partial charge in [-0.3, -0.25) is 24.2 Å². The second-order valence-corrected chi connectivity index (χ2v) is 8.88. The molecule has 2 amide bonds. The van der Waals surface area contributed by atoms with Crippen molar-refractivity contribution in [1.29, 1.82) is 0 Å². The lowest BCUT2D eigenvalue weighted by Gasteiger charge is -2.23. The summed E-state index contributed by atoms with van der Waals surface area (Å²) in [6.45, 7) is 1.28. The highest BCUT2D eigenvalue weighted by Gasteiger charge is 2.54. The lowest BCUT2D eigenvalue weighted by Crippen LogP contribution is -2.44. The van der Waals surface area contributed by atoms with Gasteiger partial charge in [-0.1, -0.05) is 13.0 Å². The number of nitrogens with two attached hydrogens (primary N) is 1. The lowest BCUT2D eigenvalue weighted by molar-refractivity contribution is -0.133. The van der Waals surface area contributed by atoms with Gasteiger partial charge in [0, 0.05) is 18.7 Å². The number of pyridine rings is 1. The number of likely N-dealkylation sites (tertiary alicyclic amines) is 1. The molecule has 0 bridgehead atoms. The van der Waals surface area contributed by atoms with Crippen molar-refractivity contribution in [3.8, 4) is 0 Å². The Morgan fingerprint density at radius 1 is 1.34 bits per heavy atom. The van der Waals surface area contributed by atoms with E-state index in [9.17, 15) is 27.6 Å². The van der Waals surface area contributed by atoms with Crippen LogP contribution >= 0.6 is 0 Å². The van der Waals surface area contributed by atoms with Gasteiger partial charge in [0.2, 0.25) is 11.8 Å². The van der Waals surface area contributed by atoms with Crippen LogP contribution in [0.25, 0.3) is 0 Å². The van der Waals surface area contributed by atoms with Crippen LogP contribution in [-0.2, 0) is 24.4 Å². The number of rotatable bonds is 6. The molecule has 1 aromatic rings. The van der Waals surface area contributed by atoms with Gasteiger partial charge in [0.05, 0.1) is 19.0 Å². The number of hydrogen-bond donors (Lipinski definition) is 1. The first-order valence-corrected chi connectivity index (χ1v) is 10.5. The van der Waals surface area contributed by atoms with Gasteiger partial charge in [0.1, 0.15) is 11.7 Å². The number of Topliss-reactive ketones (excluding diaryl/α,β-unsaturated/α-hetero) is 1. The SMILES string of the molecule is CC(C[CH]C(=O)N1CCC2C1C(=O)CN2S(=O)(=O)C(=O)c1ccccn1)C(N)=O. The summed E-state index contributed by atoms with van der Waals surface area (Å²) in [4.78, 5) is 53.7. The number of sulfonamides is 1. The van der Waals surface area contributed by atoms with Gasteiger partial charge >= 0.3 is 5.12 Å². The second-order valence-electron chi connectivity index (χ2n) is 7.09. The average Bonchev–Trinajstić information content (AvgIpc) is 3.27. The Kier molecular flexibility index (Phi) is 5.80. The molecule has 2 aliphatic heterocycles. The van der Waals surface area contributed by atoms with Gasteiger partial charge in [-0.25, -0.2) is 8.42 Å². The molecule has 11 heteroatoms. The quantitative estimate of drug-likeness (QED) is 0.627. The minimum absolute atomic E-state index is 0.121. The van der Waals surface area contributed by atoms with Gasteiger partial charge in [0.25, 0.3) is 10.0 Å². The minimum atomic E-state index is -4.46. The Morgan fingerprint density at radius 2 is 2.07 bits per heavy atom. The Balaban J connectivity index is 1.75. The molecule has 0 aliphatic carbocycles. The van der Waals surface area contributed by atoms with E-state index in [0.717, 1.165) is 4.31 Å². The molecule has 3 atom stereocenters. The first-order chi connectivity index (χ1) is 13.6. The van der Waals surface area contributed by atoms with Crippen LogP contribution in [0.2, 0.25) is 0 Å². The molecule has 2 aliphatic rings. The average molecular weight is 421 g/mol. The zero-order valence-electron chi connectivity index (χ0n) is 15.7. The van der Waals surface area contributed by atoms with Crippen molar-refractivity contribution in [2.24, 2.45) is 11.7 Å². The van der Waals surface area contributed by atoms with Crippen LogP contribution in [0.15, 0.2) is 24.4 Å². The van der Waals surface area contributed by atoms with Gasteiger partial charge in [-0.15, -0.1) is 0 Å². The molecule has 10 nitrogen and oxygen atoms in total. The fourth-order valence-electron chi connectivity index (χ4n) is 3.57. The summed E-state index contributed by atoms with van der Waals surface area (Å²) >= 11 is 0. The molecule has 0 saturated carbocycles. The zero-order valence-corrected chi connectivity index (χ0v) is 16.5. The molecule has 1 radical (unpaired) electrons. The van der Waals surface area contributed by atoms with E-state index in [1.165, 1.54) is 29.7 Å². The summed E-state index contributed by atoms with van der Waals surface area (Å²) < 4.78 is 26.5. The molecule has 0 aromatic carbocycles. The summed E-state index contributed by atoms with van der Waals surface area (Å²) in [5.41, 5.74) is 4.94. The number of hydrogen-bond acceptors (Lipinski definition) is 7. The Labute approximate surface area is 168 Å². The van der Waals surface area contributed by atoms with Crippen LogP contribution in [0.1, 0.15) is 30.3 Å². The third-order valence-corrected chi connectivity index (χ3v) is 6.90. The molecule has 29 heavy (non-hydrogen) atoms. The number of amides is 2. The van der Waals surface area contributed by atoms with E-state index in [1.54, 1.807) is 13.0 Å². The molecule has 0 spiro atoms. The van der Waals surface area contributed by atoms with Crippen molar-refractivity contribution in [2.75, 3.05) is 13.1 Å². The third-order valence-electron chi connectivity index (χ3n) is 5.21. The zero-order chi connectivity index (χ0) is 21.3. The maximum absolute atomic E-state index is 12.8. The fourth-order valence-corrected chi connectivity index (χ4v) is 5.05. The molecule has 155 valence electrons. The minimum Gasteiger partial charge on any atom is -0.369 e. The highest BCUT2D eigenvalue weighted by Crippen LogP contribution is 2.33. The predicted octanol–water partition coefficient (Wildman–Crippen LogP) is -0.878. The van der Waals surface area contributed by atoms with Crippen molar-refractivity contribution in [3.05, 3.63) is 36.5 Å². The number of ketones is 1. The predicted molar refractivity (Wildman–Crippen MR) is 100 cm³/mol. The van der Waals surface area contributed by atoms with Gasteiger partial charge in [-0.05, 0) is 25.0 Å². The first-order valence-electron chi connectivity index (χ1n) is 9.07. The topological polar surface area (TPSA) is 148 Å². The Morgan fingerprint density at radius 3 is 2.69 bits per heavy atom. The van der Waals surface area contributed by atoms with E-state index in [-0.39, 0.29) is 25.1 Å². The highest BCUT2D eigenvalue weighted by molar-refractivity contribution is 8.04. The summed E-state index contributed by atoms with van der Waals surface area (Å²) in [6.07, 6.45) is 2.94. The molecular formula is C18H21N4O6S. The molecule has 3 unspecified atom stereocenters. The van der Waals surface area contributed by atoms with E-state index < -0.39 is 57.3 Å². The second kappa shape index (κ2) is 7.99. The standard InChI is InChI=1S/C18H21N4O6S/c1-11(17(19)25)5-6-15(24)21-9-7-13-16(21)14(23)10-22(13)29(27,28)18(26)12-4-2-3-8-20-12/h2-4,6,8,11,13,16H,5,7,9-10H2,1H3,(H2,19,25). The van der Waals surface area contributed by atoms with Crippen molar-refractivity contribution in [3.63, 3.8) is 0 Å². The summed E-state index contributed by atoms with van der Waals surface area (Å²) in [7, 11) is -4.46. The van der Waals surface area contributed by atoms with E-state index in [1.807, 2.05) is 0 Å². The van der Waals surface area contributed by atoms with E-state index in [4.69, 9.17) is 5.73 Å². The normalized spacial score (nSPS) is 23.1. The summed E-state index contributed by atoms with van der Waals surface area (Å²) in [6, 6.07) is 2.58. The fraction of sp³-hybridized carbons (Fsp3) is 0.444. The van der Waals surface area contributed by atoms with Crippen molar-refractivity contribution >= 4 is 32.7 Å². The van der Waals surface area contributed by atoms with E-state index in [2.05, 4.69) is 4.98 Å². The Bertz CT molecular complexity index is 948. The third kappa shape index (κ3) is 3.92. The highest BCUT2D eigenvalue weighted by atomic mass is 32.2. The lowest BCUT2D eigenvalue weighted by atomic mass is 10.0. The van der Waals surface area contributed by atoms with Crippen LogP contribution < -0.4 is 5.73 Å². The Hall–Kier alpha value is -2.66.